The van der Waals surface area contributed by atoms with Crippen LogP contribution in [0.25, 0.3) is 122 Å². The van der Waals surface area contributed by atoms with Gasteiger partial charge in [-0.25, -0.2) is 19.9 Å². The van der Waals surface area contributed by atoms with Crippen LogP contribution in [-0.4, -0.2) is 19.9 Å². The fourth-order valence-electron chi connectivity index (χ4n) is 8.23. The van der Waals surface area contributed by atoms with Gasteiger partial charge in [0.25, 0.3) is 0 Å². The summed E-state index contributed by atoms with van der Waals surface area (Å²) in [7, 11) is 0. The Hall–Kier alpha value is -7.96. The standard InChI is InChI=1S/C52H30N4O2/c1-2-11-34(12-3-1)52-53-47-42-16-7-6-14-39(42)44-29-36(24-27-43(44)48(47)58-52)32-18-21-33(22-19-32)49-54-50(37-23-20-31-10-4-5-13-35(31)28-37)56-51(55-49)38-25-26-41-40-15-8-9-17-45(40)57-46(41)30-38/h1-30H. The first-order valence-corrected chi connectivity index (χ1v) is 19.3. The second kappa shape index (κ2) is 12.8. The van der Waals surface area contributed by atoms with Crippen molar-refractivity contribution in [2.45, 2.75) is 0 Å². The van der Waals surface area contributed by atoms with Gasteiger partial charge in [-0.05, 0) is 81.2 Å². The summed E-state index contributed by atoms with van der Waals surface area (Å²) >= 11 is 0. The first-order valence-electron chi connectivity index (χ1n) is 19.3. The van der Waals surface area contributed by atoms with Crippen molar-refractivity contribution in [3.8, 4) is 56.7 Å². The summed E-state index contributed by atoms with van der Waals surface area (Å²) in [5.74, 6) is 2.40. The molecule has 3 aromatic heterocycles. The van der Waals surface area contributed by atoms with Gasteiger partial charge in [-0.15, -0.1) is 0 Å². The van der Waals surface area contributed by atoms with Crippen LogP contribution >= 0.6 is 0 Å². The quantitative estimate of drug-likeness (QED) is 0.163. The van der Waals surface area contributed by atoms with E-state index >= 15 is 0 Å². The second-order valence-electron chi connectivity index (χ2n) is 14.6. The maximum atomic E-state index is 6.49. The first kappa shape index (κ1) is 32.3. The molecule has 0 fully saturated rings. The fraction of sp³-hybridized carbons (Fsp3) is 0. The molecule has 0 bridgehead atoms. The van der Waals surface area contributed by atoms with Crippen LogP contribution in [0.5, 0.6) is 0 Å². The monoisotopic (exact) mass is 742 g/mol. The van der Waals surface area contributed by atoms with E-state index in [1.807, 2.05) is 54.6 Å². The number of nitrogens with zero attached hydrogens (tertiary/aromatic N) is 4. The molecule has 58 heavy (non-hydrogen) atoms. The van der Waals surface area contributed by atoms with Crippen LogP contribution in [0, 0.1) is 0 Å². The maximum Gasteiger partial charge on any atom is 0.227 e. The van der Waals surface area contributed by atoms with Crippen LogP contribution in [0.4, 0.5) is 0 Å². The molecule has 12 rings (SSSR count). The molecule has 12 aromatic rings. The molecule has 0 N–H and O–H groups in total. The van der Waals surface area contributed by atoms with Gasteiger partial charge in [0.05, 0.1) is 0 Å². The predicted molar refractivity (Wildman–Crippen MR) is 234 cm³/mol. The Morgan fingerprint density at radius 3 is 1.71 bits per heavy atom. The van der Waals surface area contributed by atoms with E-state index in [2.05, 4.69) is 127 Å². The van der Waals surface area contributed by atoms with Crippen molar-refractivity contribution in [1.29, 1.82) is 0 Å². The highest BCUT2D eigenvalue weighted by Gasteiger charge is 2.18. The Kier molecular flexibility index (Phi) is 7.13. The van der Waals surface area contributed by atoms with Crippen LogP contribution in [0.1, 0.15) is 0 Å². The van der Waals surface area contributed by atoms with E-state index < -0.39 is 0 Å². The number of hydrogen-bond donors (Lipinski definition) is 0. The number of oxazole rings is 1. The lowest BCUT2D eigenvalue weighted by molar-refractivity contribution is 0.623. The van der Waals surface area contributed by atoms with Crippen molar-refractivity contribution in [2.75, 3.05) is 0 Å². The number of para-hydroxylation sites is 1. The van der Waals surface area contributed by atoms with Gasteiger partial charge in [-0.1, -0.05) is 133 Å². The molecule has 0 unspecified atom stereocenters. The van der Waals surface area contributed by atoms with Crippen molar-refractivity contribution >= 4 is 65.4 Å². The molecular formula is C52H30N4O2. The molecule has 9 aromatic carbocycles. The van der Waals surface area contributed by atoms with Crippen LogP contribution in [0.2, 0.25) is 0 Å². The lowest BCUT2D eigenvalue weighted by atomic mass is 9.96. The third kappa shape index (κ3) is 5.27. The summed E-state index contributed by atoms with van der Waals surface area (Å²) in [6, 6.07) is 62.5. The second-order valence-corrected chi connectivity index (χ2v) is 14.6. The molecule has 0 saturated heterocycles. The molecular weight excluding hydrogens is 713 g/mol. The zero-order chi connectivity index (χ0) is 38.2. The Morgan fingerprint density at radius 2 is 0.879 bits per heavy atom. The van der Waals surface area contributed by atoms with Gasteiger partial charge >= 0.3 is 0 Å². The van der Waals surface area contributed by atoms with Gasteiger partial charge in [0, 0.05) is 43.8 Å². The minimum absolute atomic E-state index is 0.579. The fourth-order valence-corrected chi connectivity index (χ4v) is 8.23. The topological polar surface area (TPSA) is 77.8 Å². The Labute approximate surface area is 331 Å². The zero-order valence-electron chi connectivity index (χ0n) is 30.9. The Morgan fingerprint density at radius 1 is 0.293 bits per heavy atom. The molecule has 0 saturated carbocycles. The van der Waals surface area contributed by atoms with E-state index in [4.69, 9.17) is 28.8 Å². The van der Waals surface area contributed by atoms with Gasteiger partial charge in [0.15, 0.2) is 23.1 Å². The van der Waals surface area contributed by atoms with E-state index in [1.165, 1.54) is 0 Å². The molecule has 0 aliphatic heterocycles. The number of benzene rings is 9. The number of aromatic nitrogens is 4. The zero-order valence-corrected chi connectivity index (χ0v) is 30.9. The molecule has 0 atom stereocenters. The summed E-state index contributed by atoms with van der Waals surface area (Å²) < 4.78 is 12.7. The molecule has 0 amide bonds. The average Bonchev–Trinajstić information content (AvgIpc) is 3.92. The first-order chi connectivity index (χ1) is 28.7. The van der Waals surface area contributed by atoms with Crippen LogP contribution < -0.4 is 0 Å². The van der Waals surface area contributed by atoms with Gasteiger partial charge in [0.1, 0.15) is 16.7 Å². The molecule has 0 aliphatic carbocycles. The molecule has 6 heteroatoms. The maximum absolute atomic E-state index is 6.49. The highest BCUT2D eigenvalue weighted by molar-refractivity contribution is 6.23. The number of hydrogen-bond acceptors (Lipinski definition) is 6. The van der Waals surface area contributed by atoms with E-state index in [0.717, 1.165) is 98.7 Å². The van der Waals surface area contributed by atoms with E-state index in [0.29, 0.717) is 23.4 Å². The van der Waals surface area contributed by atoms with Gasteiger partial charge in [-0.3, -0.25) is 0 Å². The van der Waals surface area contributed by atoms with E-state index in [1.54, 1.807) is 0 Å². The smallest absolute Gasteiger partial charge is 0.227 e. The molecule has 0 radical (unpaired) electrons. The summed E-state index contributed by atoms with van der Waals surface area (Å²) in [4.78, 5) is 20.2. The third-order valence-electron chi connectivity index (χ3n) is 11.1. The molecule has 0 spiro atoms. The summed E-state index contributed by atoms with van der Waals surface area (Å²) in [5, 5.41) is 8.78. The minimum Gasteiger partial charge on any atom is -0.456 e. The Bertz CT molecular complexity index is 3570. The number of furan rings is 1. The van der Waals surface area contributed by atoms with E-state index in [9.17, 15) is 0 Å². The van der Waals surface area contributed by atoms with Crippen molar-refractivity contribution in [3.63, 3.8) is 0 Å². The average molecular weight is 743 g/mol. The van der Waals surface area contributed by atoms with Crippen LogP contribution in [0.15, 0.2) is 191 Å². The molecule has 3 heterocycles. The highest BCUT2D eigenvalue weighted by Crippen LogP contribution is 2.40. The molecule has 6 nitrogen and oxygen atoms in total. The summed E-state index contributed by atoms with van der Waals surface area (Å²) in [6.45, 7) is 0. The number of rotatable bonds is 5. The normalized spacial score (nSPS) is 11.8. The van der Waals surface area contributed by atoms with Gasteiger partial charge < -0.3 is 8.83 Å². The number of fused-ring (bicyclic) bond motifs is 10. The van der Waals surface area contributed by atoms with E-state index in [-0.39, 0.29) is 0 Å². The van der Waals surface area contributed by atoms with Gasteiger partial charge in [0.2, 0.25) is 5.89 Å². The molecule has 270 valence electrons. The SMILES string of the molecule is c1ccc(-c2nc3c4ccccc4c4cc(-c5ccc(-c6nc(-c7ccc8ccccc8c7)nc(-c7ccc8c(c7)oc7ccccc78)n6)cc5)ccc4c3o2)cc1. The van der Waals surface area contributed by atoms with Crippen LogP contribution in [-0.2, 0) is 0 Å². The predicted octanol–water partition coefficient (Wildman–Crippen LogP) is 13.7. The van der Waals surface area contributed by atoms with Crippen LogP contribution in [0.3, 0.4) is 0 Å². The lowest BCUT2D eigenvalue weighted by Crippen LogP contribution is -2.00. The molecule has 0 aliphatic rings. The van der Waals surface area contributed by atoms with Gasteiger partial charge in [-0.2, -0.15) is 0 Å². The summed E-state index contributed by atoms with van der Waals surface area (Å²) in [6.07, 6.45) is 0. The largest absolute Gasteiger partial charge is 0.456 e. The van der Waals surface area contributed by atoms with Crippen molar-refractivity contribution in [3.05, 3.63) is 182 Å². The third-order valence-corrected chi connectivity index (χ3v) is 11.1. The van der Waals surface area contributed by atoms with Crippen molar-refractivity contribution in [1.82, 2.24) is 19.9 Å². The highest BCUT2D eigenvalue weighted by atomic mass is 16.3. The summed E-state index contributed by atoms with van der Waals surface area (Å²) in [5.41, 5.74) is 9.11. The Balaban J connectivity index is 0.967. The van der Waals surface area contributed by atoms with Crippen molar-refractivity contribution in [2.24, 2.45) is 0 Å². The minimum atomic E-state index is 0.579. The lowest BCUT2D eigenvalue weighted by Gasteiger charge is -2.11. The van der Waals surface area contributed by atoms with Crippen molar-refractivity contribution < 1.29 is 8.83 Å².